The highest BCUT2D eigenvalue weighted by Crippen LogP contribution is 2.16. The Balaban J connectivity index is 2.13. The summed E-state index contributed by atoms with van der Waals surface area (Å²) in [7, 11) is 0. The minimum Gasteiger partial charge on any atom is -0.344 e. The second-order valence-corrected chi connectivity index (χ2v) is 4.66. The summed E-state index contributed by atoms with van der Waals surface area (Å²) in [4.78, 5) is 15.8. The van der Waals surface area contributed by atoms with Crippen LogP contribution in [0.25, 0.3) is 0 Å². The molecule has 20 heavy (non-hydrogen) atoms. The zero-order valence-corrected chi connectivity index (χ0v) is 11.3. The van der Waals surface area contributed by atoms with Crippen LogP contribution in [0.1, 0.15) is 29.0 Å². The average Bonchev–Trinajstić information content (AvgIpc) is 2.41. The molecule has 1 N–H and O–H groups in total. The van der Waals surface area contributed by atoms with Gasteiger partial charge in [0.15, 0.2) is 11.6 Å². The minimum atomic E-state index is -0.954. The van der Waals surface area contributed by atoms with Gasteiger partial charge in [-0.15, -0.1) is 0 Å². The minimum absolute atomic E-state index is 0.159. The van der Waals surface area contributed by atoms with E-state index in [9.17, 15) is 13.6 Å². The largest absolute Gasteiger partial charge is 0.344 e. The first-order chi connectivity index (χ1) is 9.47. The molecule has 0 aliphatic heterocycles. The number of rotatable bonds is 3. The zero-order valence-electron chi connectivity index (χ0n) is 10.5. The Morgan fingerprint density at radius 2 is 2.00 bits per heavy atom. The van der Waals surface area contributed by atoms with Gasteiger partial charge in [0.05, 0.1) is 6.04 Å². The third-order valence-corrected chi connectivity index (χ3v) is 2.98. The third-order valence-electron chi connectivity index (χ3n) is 2.75. The molecule has 1 unspecified atom stereocenters. The fraction of sp³-hybridized carbons (Fsp3) is 0.143. The molecular weight excluding hydrogens is 286 g/mol. The Labute approximate surface area is 119 Å². The molecule has 1 heterocycles. The summed E-state index contributed by atoms with van der Waals surface area (Å²) in [6, 6.07) is 5.97. The molecular formula is C14H11ClF2N2O. The van der Waals surface area contributed by atoms with Crippen molar-refractivity contribution in [3.63, 3.8) is 0 Å². The number of nitrogens with one attached hydrogen (secondary N) is 1. The fourth-order valence-electron chi connectivity index (χ4n) is 1.66. The van der Waals surface area contributed by atoms with Crippen molar-refractivity contribution >= 4 is 17.5 Å². The van der Waals surface area contributed by atoms with E-state index in [2.05, 4.69) is 10.3 Å². The highest BCUT2D eigenvalue weighted by atomic mass is 35.5. The van der Waals surface area contributed by atoms with Crippen molar-refractivity contribution < 1.29 is 13.6 Å². The first kappa shape index (κ1) is 14.4. The van der Waals surface area contributed by atoms with Crippen LogP contribution in [0.3, 0.4) is 0 Å². The van der Waals surface area contributed by atoms with Crippen molar-refractivity contribution in [3.8, 4) is 0 Å². The van der Waals surface area contributed by atoms with Gasteiger partial charge in [-0.05, 0) is 36.8 Å². The number of pyridine rings is 1. The van der Waals surface area contributed by atoms with Crippen molar-refractivity contribution in [2.75, 3.05) is 0 Å². The number of halogens is 3. The molecule has 0 fully saturated rings. The predicted molar refractivity (Wildman–Crippen MR) is 71.5 cm³/mol. The van der Waals surface area contributed by atoms with Gasteiger partial charge in [-0.3, -0.25) is 9.78 Å². The van der Waals surface area contributed by atoms with E-state index in [-0.39, 0.29) is 5.69 Å². The highest BCUT2D eigenvalue weighted by Gasteiger charge is 2.14. The molecule has 3 nitrogen and oxygen atoms in total. The van der Waals surface area contributed by atoms with Gasteiger partial charge < -0.3 is 5.32 Å². The van der Waals surface area contributed by atoms with Crippen LogP contribution in [0.15, 0.2) is 36.5 Å². The monoisotopic (exact) mass is 296 g/mol. The normalized spacial score (nSPS) is 12.0. The summed E-state index contributed by atoms with van der Waals surface area (Å²) in [5.74, 6) is -2.32. The molecule has 1 aromatic heterocycles. The molecule has 0 radical (unpaired) electrons. The summed E-state index contributed by atoms with van der Waals surface area (Å²) < 4.78 is 26.0. The van der Waals surface area contributed by atoms with E-state index < -0.39 is 23.6 Å². The number of nitrogens with zero attached hydrogens (tertiary/aromatic N) is 1. The Morgan fingerprint density at radius 1 is 1.25 bits per heavy atom. The van der Waals surface area contributed by atoms with E-state index >= 15 is 0 Å². The third kappa shape index (κ3) is 3.30. The Morgan fingerprint density at radius 3 is 2.65 bits per heavy atom. The first-order valence-corrected chi connectivity index (χ1v) is 6.22. The zero-order chi connectivity index (χ0) is 14.7. The highest BCUT2D eigenvalue weighted by molar-refractivity contribution is 6.30. The molecule has 6 heteroatoms. The molecule has 0 bridgehead atoms. The molecule has 0 spiro atoms. The lowest BCUT2D eigenvalue weighted by Crippen LogP contribution is -2.27. The number of amides is 1. The quantitative estimate of drug-likeness (QED) is 0.942. The van der Waals surface area contributed by atoms with Gasteiger partial charge in [0.2, 0.25) is 0 Å². The van der Waals surface area contributed by atoms with Crippen LogP contribution in [0, 0.1) is 11.6 Å². The SMILES string of the molecule is CC(NC(=O)c1cc(Cl)ccn1)c1ccc(F)c(F)c1. The maximum Gasteiger partial charge on any atom is 0.270 e. The van der Waals surface area contributed by atoms with Gasteiger partial charge in [0, 0.05) is 11.2 Å². The van der Waals surface area contributed by atoms with Gasteiger partial charge in [0.25, 0.3) is 5.91 Å². The van der Waals surface area contributed by atoms with E-state index in [1.807, 2.05) is 0 Å². The van der Waals surface area contributed by atoms with E-state index in [4.69, 9.17) is 11.6 Å². The van der Waals surface area contributed by atoms with Gasteiger partial charge in [-0.1, -0.05) is 17.7 Å². The molecule has 0 saturated heterocycles. The number of benzene rings is 1. The number of carbonyl (C=O) groups excluding carboxylic acids is 1. The molecule has 2 aromatic rings. The number of hydrogen-bond acceptors (Lipinski definition) is 2. The predicted octanol–water partition coefficient (Wildman–Crippen LogP) is 3.50. The van der Waals surface area contributed by atoms with Crippen LogP contribution >= 0.6 is 11.6 Å². The van der Waals surface area contributed by atoms with Crippen LogP contribution in [-0.4, -0.2) is 10.9 Å². The van der Waals surface area contributed by atoms with E-state index in [0.29, 0.717) is 10.6 Å². The van der Waals surface area contributed by atoms with E-state index in [1.54, 1.807) is 13.0 Å². The molecule has 1 amide bonds. The maximum atomic E-state index is 13.1. The topological polar surface area (TPSA) is 42.0 Å². The molecule has 0 aliphatic rings. The standard InChI is InChI=1S/C14H11ClF2N2O/c1-8(9-2-3-11(16)12(17)6-9)19-14(20)13-7-10(15)4-5-18-13/h2-8H,1H3,(H,19,20). The fourth-order valence-corrected chi connectivity index (χ4v) is 1.82. The van der Waals surface area contributed by atoms with Crippen LogP contribution < -0.4 is 5.32 Å². The number of carbonyl (C=O) groups is 1. The maximum absolute atomic E-state index is 13.1. The van der Waals surface area contributed by atoms with Crippen molar-refractivity contribution in [1.82, 2.24) is 10.3 Å². The van der Waals surface area contributed by atoms with Gasteiger partial charge >= 0.3 is 0 Å². The Hall–Kier alpha value is -2.01. The lowest BCUT2D eigenvalue weighted by Gasteiger charge is -2.14. The molecule has 0 aliphatic carbocycles. The van der Waals surface area contributed by atoms with Gasteiger partial charge in [-0.2, -0.15) is 0 Å². The Bertz CT molecular complexity index is 649. The summed E-state index contributed by atoms with van der Waals surface area (Å²) in [6.07, 6.45) is 1.42. The molecule has 1 atom stereocenters. The second-order valence-electron chi connectivity index (χ2n) is 4.23. The number of aromatic nitrogens is 1. The van der Waals surface area contributed by atoms with Crippen molar-refractivity contribution in [1.29, 1.82) is 0 Å². The van der Waals surface area contributed by atoms with Gasteiger partial charge in [-0.25, -0.2) is 8.78 Å². The van der Waals surface area contributed by atoms with Gasteiger partial charge in [0.1, 0.15) is 5.69 Å². The van der Waals surface area contributed by atoms with Crippen molar-refractivity contribution in [2.24, 2.45) is 0 Å². The van der Waals surface area contributed by atoms with Crippen molar-refractivity contribution in [3.05, 3.63) is 64.4 Å². The smallest absolute Gasteiger partial charge is 0.270 e. The van der Waals surface area contributed by atoms with Crippen LogP contribution in [0.5, 0.6) is 0 Å². The summed E-state index contributed by atoms with van der Waals surface area (Å²) >= 11 is 5.77. The lowest BCUT2D eigenvalue weighted by molar-refractivity contribution is 0.0935. The molecule has 1 aromatic carbocycles. The van der Waals surface area contributed by atoms with E-state index in [1.165, 1.54) is 18.3 Å². The second kappa shape index (κ2) is 5.96. The lowest BCUT2D eigenvalue weighted by atomic mass is 10.1. The molecule has 104 valence electrons. The summed E-state index contributed by atoms with van der Waals surface area (Å²) in [5.41, 5.74) is 0.617. The summed E-state index contributed by atoms with van der Waals surface area (Å²) in [5, 5.41) is 3.03. The van der Waals surface area contributed by atoms with Crippen LogP contribution in [0.2, 0.25) is 5.02 Å². The summed E-state index contributed by atoms with van der Waals surface area (Å²) in [6.45, 7) is 1.66. The molecule has 2 rings (SSSR count). The Kier molecular flexibility index (Phi) is 4.29. The van der Waals surface area contributed by atoms with Crippen molar-refractivity contribution in [2.45, 2.75) is 13.0 Å². The van der Waals surface area contributed by atoms with Crippen LogP contribution in [-0.2, 0) is 0 Å². The first-order valence-electron chi connectivity index (χ1n) is 5.84. The van der Waals surface area contributed by atoms with E-state index in [0.717, 1.165) is 12.1 Å². The van der Waals surface area contributed by atoms with Crippen LogP contribution in [0.4, 0.5) is 8.78 Å². The molecule has 0 saturated carbocycles. The number of hydrogen-bond donors (Lipinski definition) is 1. The average molecular weight is 297 g/mol.